The molecule has 2 heterocycles. The normalized spacial score (nSPS) is 18.4. The topological polar surface area (TPSA) is 59.0 Å². The third kappa shape index (κ3) is 4.32. The van der Waals surface area contributed by atoms with Crippen LogP contribution in [0.4, 0.5) is 24.7 Å². The van der Waals surface area contributed by atoms with Crippen LogP contribution in [0.2, 0.25) is 5.02 Å². The van der Waals surface area contributed by atoms with Crippen molar-refractivity contribution in [3.63, 3.8) is 0 Å². The summed E-state index contributed by atoms with van der Waals surface area (Å²) in [6.07, 6.45) is -4.76. The molecule has 0 saturated carbocycles. The number of fused-ring (bicyclic) bond motifs is 1. The number of rotatable bonds is 3. The number of carbonyl (C=O) groups excluding carboxylic acids is 1. The average Bonchev–Trinajstić information content (AvgIpc) is 3.11. The number of halogens is 5. The van der Waals surface area contributed by atoms with Crippen LogP contribution in [0.3, 0.4) is 0 Å². The third-order valence-corrected chi connectivity index (χ3v) is 5.54. The number of hydrogen-bond donors (Lipinski definition) is 2. The number of amides is 1. The van der Waals surface area contributed by atoms with Crippen LogP contribution in [0, 0.1) is 0 Å². The Labute approximate surface area is 183 Å². The highest BCUT2D eigenvalue weighted by Crippen LogP contribution is 2.43. The van der Waals surface area contributed by atoms with Crippen molar-refractivity contribution in [1.29, 1.82) is 0 Å². The highest BCUT2D eigenvalue weighted by atomic mass is 79.9. The van der Waals surface area contributed by atoms with Gasteiger partial charge in [0.15, 0.2) is 11.7 Å². The first kappa shape index (κ1) is 20.7. The van der Waals surface area contributed by atoms with Crippen LogP contribution in [0.25, 0.3) is 0 Å². The Balaban J connectivity index is 1.64. The predicted molar refractivity (Wildman–Crippen MR) is 112 cm³/mol. The third-order valence-electron chi connectivity index (χ3n) is 4.78. The summed E-state index contributed by atoms with van der Waals surface area (Å²) in [4.78, 5) is 12.5. The minimum Gasteiger partial charge on any atom is -0.363 e. The van der Waals surface area contributed by atoms with Gasteiger partial charge in [-0.2, -0.15) is 18.3 Å². The summed E-state index contributed by atoms with van der Waals surface area (Å²) < 4.78 is 43.0. The summed E-state index contributed by atoms with van der Waals surface area (Å²) in [5.41, 5.74) is 1.01. The number of carbonyl (C=O) groups is 1. The molecule has 1 aromatic heterocycles. The second-order valence-corrected chi connectivity index (χ2v) is 8.22. The SMILES string of the molecule is O=C(Nc1cccc(Cl)c1)c1cc2n(n1)[C@H](C(F)(F)F)C[C@@H](c1ccc(Br)cc1)N2. The van der Waals surface area contributed by atoms with Crippen LogP contribution in [0.1, 0.15) is 34.6 Å². The number of alkyl halides is 3. The van der Waals surface area contributed by atoms with Gasteiger partial charge >= 0.3 is 6.18 Å². The Morgan fingerprint density at radius 3 is 2.60 bits per heavy atom. The molecule has 0 radical (unpaired) electrons. The van der Waals surface area contributed by atoms with E-state index >= 15 is 0 Å². The van der Waals surface area contributed by atoms with Crippen LogP contribution in [-0.4, -0.2) is 21.9 Å². The molecule has 0 saturated heterocycles. The lowest BCUT2D eigenvalue weighted by Gasteiger charge is -2.33. The molecule has 30 heavy (non-hydrogen) atoms. The first-order valence-electron chi connectivity index (χ1n) is 8.96. The second-order valence-electron chi connectivity index (χ2n) is 6.87. The number of hydrogen-bond acceptors (Lipinski definition) is 3. The Kier molecular flexibility index (Phi) is 5.50. The highest BCUT2D eigenvalue weighted by molar-refractivity contribution is 9.10. The lowest BCUT2D eigenvalue weighted by molar-refractivity contribution is -0.173. The number of benzene rings is 2. The molecule has 0 bridgehead atoms. The first-order chi connectivity index (χ1) is 14.2. The second kappa shape index (κ2) is 7.96. The van der Waals surface area contributed by atoms with Gasteiger partial charge in [0.25, 0.3) is 5.91 Å². The molecule has 1 aliphatic rings. The zero-order valence-corrected chi connectivity index (χ0v) is 17.6. The standard InChI is InChI=1S/C20H15BrClF3N4O/c21-12-6-4-11(5-7-12)15-9-17(20(23,24)25)29-18(27-15)10-16(28-29)19(30)26-14-3-1-2-13(22)8-14/h1-8,10,15,17,27H,9H2,(H,26,30)/t15-,17-/m0/s1. The smallest absolute Gasteiger partial charge is 0.363 e. The van der Waals surface area contributed by atoms with E-state index in [0.29, 0.717) is 16.3 Å². The molecular formula is C20H15BrClF3N4O. The molecule has 0 spiro atoms. The van der Waals surface area contributed by atoms with E-state index in [0.717, 1.165) is 9.15 Å². The monoisotopic (exact) mass is 498 g/mol. The van der Waals surface area contributed by atoms with Crippen LogP contribution in [0.15, 0.2) is 59.1 Å². The largest absolute Gasteiger partial charge is 0.410 e. The quantitative estimate of drug-likeness (QED) is 0.450. The molecule has 3 aromatic rings. The van der Waals surface area contributed by atoms with E-state index < -0.39 is 24.2 Å². The Hall–Kier alpha value is -2.52. The predicted octanol–water partition coefficient (Wildman–Crippen LogP) is 6.21. The van der Waals surface area contributed by atoms with E-state index in [-0.39, 0.29) is 17.9 Å². The molecular weight excluding hydrogens is 485 g/mol. The summed E-state index contributed by atoms with van der Waals surface area (Å²) in [5, 5.41) is 10.0. The number of aromatic nitrogens is 2. The molecule has 4 rings (SSSR count). The zero-order chi connectivity index (χ0) is 21.5. The first-order valence-corrected chi connectivity index (χ1v) is 10.1. The lowest BCUT2D eigenvalue weighted by atomic mass is 9.97. The van der Waals surface area contributed by atoms with Crippen LogP contribution in [-0.2, 0) is 0 Å². The van der Waals surface area contributed by atoms with Crippen molar-refractivity contribution in [2.45, 2.75) is 24.7 Å². The van der Waals surface area contributed by atoms with Gasteiger partial charge in [-0.3, -0.25) is 4.79 Å². The van der Waals surface area contributed by atoms with Gasteiger partial charge in [0, 0.05) is 27.7 Å². The van der Waals surface area contributed by atoms with Crippen LogP contribution in [0.5, 0.6) is 0 Å². The van der Waals surface area contributed by atoms with Crippen LogP contribution >= 0.6 is 27.5 Å². The lowest BCUT2D eigenvalue weighted by Crippen LogP contribution is -2.35. The van der Waals surface area contributed by atoms with E-state index in [9.17, 15) is 18.0 Å². The van der Waals surface area contributed by atoms with Gasteiger partial charge in [-0.05, 0) is 35.9 Å². The summed E-state index contributed by atoms with van der Waals surface area (Å²) in [6, 6.07) is 12.4. The molecule has 2 N–H and O–H groups in total. The van der Waals surface area contributed by atoms with Crippen molar-refractivity contribution in [2.75, 3.05) is 10.6 Å². The minimum absolute atomic E-state index is 0.122. The molecule has 1 aliphatic heterocycles. The van der Waals surface area contributed by atoms with Crippen molar-refractivity contribution in [3.05, 3.63) is 75.4 Å². The fourth-order valence-electron chi connectivity index (χ4n) is 3.36. The van der Waals surface area contributed by atoms with Gasteiger partial charge in [0.1, 0.15) is 5.82 Å². The molecule has 156 valence electrons. The fourth-order valence-corrected chi connectivity index (χ4v) is 3.81. The van der Waals surface area contributed by atoms with Gasteiger partial charge in [-0.15, -0.1) is 0 Å². The van der Waals surface area contributed by atoms with E-state index in [4.69, 9.17) is 11.6 Å². The van der Waals surface area contributed by atoms with E-state index in [1.54, 1.807) is 42.5 Å². The molecule has 0 aliphatic carbocycles. The Morgan fingerprint density at radius 1 is 1.20 bits per heavy atom. The van der Waals surface area contributed by atoms with Gasteiger partial charge in [0.05, 0.1) is 6.04 Å². The number of nitrogens with zero attached hydrogens (tertiary/aromatic N) is 2. The van der Waals surface area contributed by atoms with E-state index in [1.165, 1.54) is 12.1 Å². The molecule has 2 atom stereocenters. The number of nitrogens with one attached hydrogen (secondary N) is 2. The summed E-state index contributed by atoms with van der Waals surface area (Å²) >= 11 is 9.22. The molecule has 5 nitrogen and oxygen atoms in total. The summed E-state index contributed by atoms with van der Waals surface area (Å²) in [7, 11) is 0. The number of anilines is 2. The highest BCUT2D eigenvalue weighted by Gasteiger charge is 2.46. The van der Waals surface area contributed by atoms with E-state index in [2.05, 4.69) is 31.7 Å². The van der Waals surface area contributed by atoms with Crippen molar-refractivity contribution < 1.29 is 18.0 Å². The van der Waals surface area contributed by atoms with Gasteiger partial charge in [-0.1, -0.05) is 45.7 Å². The molecule has 0 fully saturated rings. The van der Waals surface area contributed by atoms with Crippen molar-refractivity contribution in [3.8, 4) is 0 Å². The maximum absolute atomic E-state index is 13.8. The fraction of sp³-hybridized carbons (Fsp3) is 0.200. The van der Waals surface area contributed by atoms with Crippen molar-refractivity contribution in [1.82, 2.24) is 9.78 Å². The summed E-state index contributed by atoms with van der Waals surface area (Å²) in [6.45, 7) is 0. The van der Waals surface area contributed by atoms with Gasteiger partial charge < -0.3 is 10.6 Å². The Morgan fingerprint density at radius 2 is 1.93 bits per heavy atom. The van der Waals surface area contributed by atoms with Gasteiger partial charge in [0.2, 0.25) is 0 Å². The van der Waals surface area contributed by atoms with Gasteiger partial charge in [-0.25, -0.2) is 4.68 Å². The molecule has 1 amide bonds. The minimum atomic E-state index is -4.52. The van der Waals surface area contributed by atoms with Crippen LogP contribution < -0.4 is 10.6 Å². The molecule has 2 aromatic carbocycles. The van der Waals surface area contributed by atoms with Crippen molar-refractivity contribution in [2.24, 2.45) is 0 Å². The molecule has 0 unspecified atom stereocenters. The maximum atomic E-state index is 13.8. The van der Waals surface area contributed by atoms with Crippen molar-refractivity contribution >= 4 is 44.9 Å². The molecule has 10 heteroatoms. The Bertz CT molecular complexity index is 1080. The van der Waals surface area contributed by atoms with E-state index in [1.807, 2.05) is 0 Å². The zero-order valence-electron chi connectivity index (χ0n) is 15.3. The summed E-state index contributed by atoms with van der Waals surface area (Å²) in [5.74, 6) is -0.491. The maximum Gasteiger partial charge on any atom is 0.410 e. The average molecular weight is 500 g/mol.